The van der Waals surface area contributed by atoms with Gasteiger partial charge in [-0.25, -0.2) is 0 Å². The normalized spacial score (nSPS) is 21.4. The van der Waals surface area contributed by atoms with Gasteiger partial charge < -0.3 is 20.1 Å². The van der Waals surface area contributed by atoms with E-state index in [2.05, 4.69) is 26.1 Å². The van der Waals surface area contributed by atoms with Crippen LogP contribution in [-0.4, -0.2) is 59.4 Å². The van der Waals surface area contributed by atoms with Crippen LogP contribution in [0.5, 0.6) is 0 Å². The molecule has 1 aliphatic heterocycles. The van der Waals surface area contributed by atoms with E-state index < -0.39 is 11.6 Å². The fraction of sp³-hybridized carbons (Fsp3) is 0.500. The van der Waals surface area contributed by atoms with E-state index in [9.17, 15) is 14.4 Å². The smallest absolute Gasteiger partial charge is 0.305 e. The molecule has 0 bridgehead atoms. The number of nitrogens with zero attached hydrogens (tertiary/aromatic N) is 2. The summed E-state index contributed by atoms with van der Waals surface area (Å²) in [7, 11) is 1.63. The number of carbonyl (C=O) groups excluding carboxylic acids is 2. The third kappa shape index (κ3) is 7.16. The molecule has 1 aliphatic carbocycles. The highest BCUT2D eigenvalue weighted by Gasteiger charge is 2.52. The van der Waals surface area contributed by atoms with Crippen molar-refractivity contribution in [3.63, 3.8) is 0 Å². The first-order valence-corrected chi connectivity index (χ1v) is 15.1. The lowest BCUT2D eigenvalue weighted by atomic mass is 9.69. The number of hydrogen-bond acceptors (Lipinski definition) is 5. The van der Waals surface area contributed by atoms with Gasteiger partial charge in [-0.15, -0.1) is 0 Å². The van der Waals surface area contributed by atoms with E-state index in [1.54, 1.807) is 37.4 Å². The summed E-state index contributed by atoms with van der Waals surface area (Å²) in [5, 5.41) is 12.3. The molecular formula is C32H39Cl2N3O5. The van der Waals surface area contributed by atoms with Gasteiger partial charge in [0.05, 0.1) is 12.5 Å². The van der Waals surface area contributed by atoms with Gasteiger partial charge in [-0.05, 0) is 79.3 Å². The van der Waals surface area contributed by atoms with E-state index in [0.29, 0.717) is 45.8 Å². The standard InChI is InChI=1S/C32H39Cl2N3O5/c1-31(2,3)23-9-13-32(14-10-23)36-28(22-17-24(33)19-25(34)18-22)30(41)37(32)26(12-16-42-4)20-5-7-21(8-6-20)29(40)35-15-11-27(38)39/h5-8,17-19,23,26H,9-16H2,1-4H3,(H,35,40)(H,38,39). The van der Waals surface area contributed by atoms with E-state index in [4.69, 9.17) is 38.0 Å². The second kappa shape index (κ2) is 13.1. The SMILES string of the molecule is COCCC(c1ccc(C(=O)NCCC(=O)O)cc1)N1C(=O)C(c2cc(Cl)cc(Cl)c2)=NC12CCC(C(C)(C)C)CC2. The number of carboxylic acid groups (broad SMARTS) is 1. The zero-order chi connectivity index (χ0) is 30.7. The van der Waals surface area contributed by atoms with Crippen molar-refractivity contribution in [2.45, 2.75) is 71.0 Å². The number of amides is 2. The number of hydrogen-bond donors (Lipinski definition) is 2. The molecule has 0 saturated heterocycles. The number of aliphatic imine (C=N–C) groups is 1. The molecule has 1 atom stereocenters. The van der Waals surface area contributed by atoms with E-state index in [1.807, 2.05) is 17.0 Å². The van der Waals surface area contributed by atoms with Crippen molar-refractivity contribution in [3.05, 3.63) is 69.2 Å². The second-order valence-corrected chi connectivity index (χ2v) is 13.1. The minimum atomic E-state index is -0.978. The van der Waals surface area contributed by atoms with Crippen molar-refractivity contribution in [2.24, 2.45) is 16.3 Å². The molecule has 2 aromatic carbocycles. The largest absolute Gasteiger partial charge is 0.481 e. The Morgan fingerprint density at radius 1 is 1.12 bits per heavy atom. The van der Waals surface area contributed by atoms with Gasteiger partial charge in [0.25, 0.3) is 11.8 Å². The predicted octanol–water partition coefficient (Wildman–Crippen LogP) is 6.54. The molecule has 2 aliphatic rings. The Balaban J connectivity index is 1.71. The van der Waals surface area contributed by atoms with Crippen LogP contribution in [0.1, 0.15) is 86.8 Å². The molecule has 0 radical (unpaired) electrons. The average Bonchev–Trinajstić information content (AvgIpc) is 3.19. The molecule has 10 heteroatoms. The summed E-state index contributed by atoms with van der Waals surface area (Å²) in [4.78, 5) is 44.8. The lowest BCUT2D eigenvalue weighted by Gasteiger charge is -2.47. The van der Waals surface area contributed by atoms with Crippen molar-refractivity contribution in [2.75, 3.05) is 20.3 Å². The fourth-order valence-electron chi connectivity index (χ4n) is 6.14. The topological polar surface area (TPSA) is 108 Å². The highest BCUT2D eigenvalue weighted by molar-refractivity contribution is 6.47. The quantitative estimate of drug-likeness (QED) is 0.315. The number of rotatable bonds is 10. The van der Waals surface area contributed by atoms with Crippen LogP contribution in [0.25, 0.3) is 0 Å². The molecule has 2 aromatic rings. The molecule has 1 unspecified atom stereocenters. The van der Waals surface area contributed by atoms with Crippen LogP contribution in [-0.2, 0) is 14.3 Å². The van der Waals surface area contributed by atoms with E-state index in [0.717, 1.165) is 31.2 Å². The van der Waals surface area contributed by atoms with Crippen LogP contribution < -0.4 is 5.32 Å². The summed E-state index contributed by atoms with van der Waals surface area (Å²) in [5.41, 5.74) is 1.64. The van der Waals surface area contributed by atoms with Crippen molar-refractivity contribution >= 4 is 46.7 Å². The molecule has 1 saturated carbocycles. The van der Waals surface area contributed by atoms with Gasteiger partial charge in [0.15, 0.2) is 0 Å². The number of carboxylic acids is 1. The van der Waals surface area contributed by atoms with E-state index in [-0.39, 0.29) is 36.2 Å². The molecule has 1 heterocycles. The molecule has 4 rings (SSSR count). The lowest BCUT2D eigenvalue weighted by molar-refractivity contribution is -0.137. The number of ether oxygens (including phenoxy) is 1. The first-order valence-electron chi connectivity index (χ1n) is 14.3. The molecule has 42 heavy (non-hydrogen) atoms. The maximum Gasteiger partial charge on any atom is 0.305 e. The number of methoxy groups -OCH3 is 1. The van der Waals surface area contributed by atoms with Crippen molar-refractivity contribution in [1.82, 2.24) is 10.2 Å². The summed E-state index contributed by atoms with van der Waals surface area (Å²) >= 11 is 12.7. The Morgan fingerprint density at radius 3 is 2.29 bits per heavy atom. The summed E-state index contributed by atoms with van der Waals surface area (Å²) in [6.45, 7) is 7.25. The summed E-state index contributed by atoms with van der Waals surface area (Å²) in [6, 6.07) is 11.8. The average molecular weight is 617 g/mol. The zero-order valence-corrected chi connectivity index (χ0v) is 26.1. The number of carbonyl (C=O) groups is 3. The third-order valence-corrected chi connectivity index (χ3v) is 8.86. The highest BCUT2D eigenvalue weighted by atomic mass is 35.5. The Labute approximate surface area is 257 Å². The van der Waals surface area contributed by atoms with Gasteiger partial charge in [0, 0.05) is 41.4 Å². The molecule has 2 amide bonds. The maximum atomic E-state index is 14.4. The number of halogens is 2. The van der Waals surface area contributed by atoms with Crippen molar-refractivity contribution < 1.29 is 24.2 Å². The van der Waals surface area contributed by atoms with E-state index >= 15 is 0 Å². The summed E-state index contributed by atoms with van der Waals surface area (Å²) in [5.74, 6) is -1.00. The first kappa shape index (κ1) is 32.0. The van der Waals surface area contributed by atoms with Crippen molar-refractivity contribution in [1.29, 1.82) is 0 Å². The third-order valence-electron chi connectivity index (χ3n) is 8.43. The Bertz CT molecular complexity index is 1320. The van der Waals surface area contributed by atoms with Crippen molar-refractivity contribution in [3.8, 4) is 0 Å². The molecule has 8 nitrogen and oxygen atoms in total. The van der Waals surface area contributed by atoms with Gasteiger partial charge in [-0.3, -0.25) is 19.4 Å². The minimum absolute atomic E-state index is 0.0420. The Hall–Kier alpha value is -2.94. The number of benzene rings is 2. The molecule has 1 spiro atoms. The second-order valence-electron chi connectivity index (χ2n) is 12.2. The molecule has 0 aromatic heterocycles. The molecule has 1 fully saturated rings. The summed E-state index contributed by atoms with van der Waals surface area (Å²) in [6.07, 6.45) is 3.71. The predicted molar refractivity (Wildman–Crippen MR) is 164 cm³/mol. The Morgan fingerprint density at radius 2 is 1.74 bits per heavy atom. The first-order chi connectivity index (χ1) is 19.8. The number of aliphatic carboxylic acids is 1. The van der Waals surface area contributed by atoms with Crippen LogP contribution in [0.4, 0.5) is 0 Å². The molecule has 226 valence electrons. The van der Waals surface area contributed by atoms with Crippen LogP contribution in [0, 0.1) is 11.3 Å². The van der Waals surface area contributed by atoms with Gasteiger partial charge in [0.1, 0.15) is 11.4 Å². The zero-order valence-electron chi connectivity index (χ0n) is 24.6. The minimum Gasteiger partial charge on any atom is -0.481 e. The van der Waals surface area contributed by atoms with Gasteiger partial charge in [-0.1, -0.05) is 56.1 Å². The van der Waals surface area contributed by atoms with Crippen LogP contribution >= 0.6 is 23.2 Å². The number of nitrogens with one attached hydrogen (secondary N) is 1. The van der Waals surface area contributed by atoms with Crippen LogP contribution in [0.2, 0.25) is 10.0 Å². The van der Waals surface area contributed by atoms with Crippen LogP contribution in [0.15, 0.2) is 47.5 Å². The van der Waals surface area contributed by atoms with Gasteiger partial charge in [0.2, 0.25) is 0 Å². The lowest BCUT2D eigenvalue weighted by Crippen LogP contribution is -2.51. The molecule has 2 N–H and O–H groups in total. The van der Waals surface area contributed by atoms with Gasteiger partial charge in [-0.2, -0.15) is 0 Å². The van der Waals surface area contributed by atoms with Crippen LogP contribution in [0.3, 0.4) is 0 Å². The Kier molecular flexibility index (Phi) is 10.0. The van der Waals surface area contributed by atoms with E-state index in [1.165, 1.54) is 0 Å². The maximum absolute atomic E-state index is 14.4. The van der Waals surface area contributed by atoms with Gasteiger partial charge >= 0.3 is 5.97 Å². The fourth-order valence-corrected chi connectivity index (χ4v) is 6.66. The highest BCUT2D eigenvalue weighted by Crippen LogP contribution is 2.49. The molecular weight excluding hydrogens is 577 g/mol. The summed E-state index contributed by atoms with van der Waals surface area (Å²) < 4.78 is 5.47. The monoisotopic (exact) mass is 615 g/mol.